The largest absolute Gasteiger partial charge is 0.315 e. The normalized spacial score (nSPS) is 33.9. The lowest BCUT2D eigenvalue weighted by molar-refractivity contribution is 0.261. The van der Waals surface area contributed by atoms with Crippen LogP contribution in [0.2, 0.25) is 0 Å². The van der Waals surface area contributed by atoms with Crippen molar-refractivity contribution in [2.45, 2.75) is 17.7 Å². The summed E-state index contributed by atoms with van der Waals surface area (Å²) >= 11 is 4.25. The van der Waals surface area contributed by atoms with Crippen molar-refractivity contribution in [2.75, 3.05) is 43.9 Å². The second-order valence-corrected chi connectivity index (χ2v) is 6.71. The maximum atomic E-state index is 3.48. The van der Waals surface area contributed by atoms with Crippen molar-refractivity contribution in [3.63, 3.8) is 0 Å². The highest BCUT2D eigenvalue weighted by Crippen LogP contribution is 2.23. The topological polar surface area (TPSA) is 15.3 Å². The number of hydrogen-bond acceptors (Lipinski definition) is 4. The van der Waals surface area contributed by atoms with Gasteiger partial charge in [-0.1, -0.05) is 0 Å². The van der Waals surface area contributed by atoms with Gasteiger partial charge in [0.1, 0.15) is 0 Å². The second-order valence-electron chi connectivity index (χ2n) is 4.15. The summed E-state index contributed by atoms with van der Waals surface area (Å²) in [7, 11) is 2.30. The summed E-state index contributed by atoms with van der Waals surface area (Å²) < 4.78 is 0. The fourth-order valence-corrected chi connectivity index (χ4v) is 4.55. The molecule has 2 rings (SSSR count). The van der Waals surface area contributed by atoms with Crippen molar-refractivity contribution < 1.29 is 0 Å². The van der Waals surface area contributed by atoms with E-state index in [1.165, 1.54) is 43.3 Å². The fourth-order valence-electron chi connectivity index (χ4n) is 2.08. The number of nitrogens with one attached hydrogen (secondary N) is 1. The van der Waals surface area contributed by atoms with E-state index in [9.17, 15) is 0 Å². The molecule has 0 radical (unpaired) electrons. The summed E-state index contributed by atoms with van der Waals surface area (Å²) in [5.74, 6) is 4.00. The maximum absolute atomic E-state index is 3.48. The van der Waals surface area contributed by atoms with Crippen LogP contribution in [0.1, 0.15) is 6.42 Å². The van der Waals surface area contributed by atoms with E-state index in [4.69, 9.17) is 0 Å². The van der Waals surface area contributed by atoms with Crippen LogP contribution in [-0.4, -0.2) is 60.1 Å². The summed E-state index contributed by atoms with van der Waals surface area (Å²) in [5.41, 5.74) is 0. The van der Waals surface area contributed by atoms with Gasteiger partial charge in [-0.15, -0.1) is 0 Å². The first-order chi connectivity index (χ1) is 6.86. The Labute approximate surface area is 95.6 Å². The molecule has 2 heterocycles. The van der Waals surface area contributed by atoms with Crippen LogP contribution in [0, 0.1) is 0 Å². The minimum absolute atomic E-state index is 0.819. The Kier molecular flexibility index (Phi) is 4.47. The molecule has 14 heavy (non-hydrogen) atoms. The van der Waals surface area contributed by atoms with Crippen molar-refractivity contribution in [2.24, 2.45) is 0 Å². The molecule has 2 fully saturated rings. The molecule has 2 nitrogen and oxygen atoms in total. The molecular weight excluding hydrogens is 212 g/mol. The number of hydrogen-bond donors (Lipinski definition) is 1. The molecule has 0 bridgehead atoms. The summed E-state index contributed by atoms with van der Waals surface area (Å²) in [5, 5.41) is 4.30. The average molecular weight is 232 g/mol. The molecule has 0 amide bonds. The van der Waals surface area contributed by atoms with Crippen LogP contribution in [0.25, 0.3) is 0 Å². The van der Waals surface area contributed by atoms with Crippen molar-refractivity contribution in [3.05, 3.63) is 0 Å². The van der Waals surface area contributed by atoms with Crippen LogP contribution < -0.4 is 5.32 Å². The standard InChI is InChI=1S/C10H20N2S2/c1-12(9-2-4-13-8-9)7-10-6-11-3-5-14-10/h9-11H,2-8H2,1H3. The molecule has 0 aliphatic carbocycles. The van der Waals surface area contributed by atoms with E-state index in [-0.39, 0.29) is 0 Å². The zero-order chi connectivity index (χ0) is 9.80. The third-order valence-corrected chi connectivity index (χ3v) is 5.40. The van der Waals surface area contributed by atoms with Crippen molar-refractivity contribution in [1.82, 2.24) is 10.2 Å². The number of rotatable bonds is 3. The Balaban J connectivity index is 1.72. The van der Waals surface area contributed by atoms with Crippen molar-refractivity contribution >= 4 is 23.5 Å². The van der Waals surface area contributed by atoms with E-state index in [0.29, 0.717) is 0 Å². The Bertz CT molecular complexity index is 166. The lowest BCUT2D eigenvalue weighted by Gasteiger charge is -2.30. The molecule has 0 aromatic carbocycles. The van der Waals surface area contributed by atoms with Gasteiger partial charge in [0.05, 0.1) is 0 Å². The molecule has 2 atom stereocenters. The Morgan fingerprint density at radius 1 is 1.43 bits per heavy atom. The highest BCUT2D eigenvalue weighted by Gasteiger charge is 2.23. The van der Waals surface area contributed by atoms with E-state index < -0.39 is 0 Å². The van der Waals surface area contributed by atoms with Crippen LogP contribution >= 0.6 is 23.5 Å². The molecular formula is C10H20N2S2. The Morgan fingerprint density at radius 3 is 3.00 bits per heavy atom. The Hall–Kier alpha value is 0.620. The van der Waals surface area contributed by atoms with Gasteiger partial charge < -0.3 is 10.2 Å². The van der Waals surface area contributed by atoms with Crippen LogP contribution in [0.5, 0.6) is 0 Å². The third kappa shape index (κ3) is 3.05. The first-order valence-electron chi connectivity index (χ1n) is 5.46. The summed E-state index contributed by atoms with van der Waals surface area (Å²) in [6.45, 7) is 3.67. The van der Waals surface area contributed by atoms with E-state index in [2.05, 4.69) is 40.8 Å². The molecule has 0 saturated carbocycles. The van der Waals surface area contributed by atoms with Crippen molar-refractivity contribution in [1.29, 1.82) is 0 Å². The first kappa shape index (κ1) is 11.1. The van der Waals surface area contributed by atoms with Gasteiger partial charge in [0.15, 0.2) is 0 Å². The van der Waals surface area contributed by atoms with E-state index in [1.54, 1.807) is 0 Å². The fraction of sp³-hybridized carbons (Fsp3) is 1.00. The molecule has 2 unspecified atom stereocenters. The molecule has 82 valence electrons. The maximum Gasteiger partial charge on any atom is 0.0300 e. The second kappa shape index (κ2) is 5.64. The lowest BCUT2D eigenvalue weighted by Crippen LogP contribution is -2.43. The summed E-state index contributed by atoms with van der Waals surface area (Å²) in [6.07, 6.45) is 1.39. The zero-order valence-electron chi connectivity index (χ0n) is 8.87. The van der Waals surface area contributed by atoms with Gasteiger partial charge in [-0.05, 0) is 19.2 Å². The molecule has 0 aromatic rings. The smallest absolute Gasteiger partial charge is 0.0300 e. The lowest BCUT2D eigenvalue weighted by atomic mass is 10.2. The molecule has 2 saturated heterocycles. The molecule has 0 spiro atoms. The predicted molar refractivity (Wildman–Crippen MR) is 67.5 cm³/mol. The minimum Gasteiger partial charge on any atom is -0.315 e. The van der Waals surface area contributed by atoms with Gasteiger partial charge in [0.2, 0.25) is 0 Å². The van der Waals surface area contributed by atoms with Gasteiger partial charge in [-0.2, -0.15) is 23.5 Å². The molecule has 2 aliphatic heterocycles. The van der Waals surface area contributed by atoms with Gasteiger partial charge in [-0.25, -0.2) is 0 Å². The monoisotopic (exact) mass is 232 g/mol. The van der Waals surface area contributed by atoms with E-state index in [1.807, 2.05) is 0 Å². The number of nitrogens with zero attached hydrogens (tertiary/aromatic N) is 1. The summed E-state index contributed by atoms with van der Waals surface area (Å²) in [4.78, 5) is 2.57. The van der Waals surface area contributed by atoms with Crippen LogP contribution in [0.4, 0.5) is 0 Å². The highest BCUT2D eigenvalue weighted by atomic mass is 32.2. The number of thioether (sulfide) groups is 2. The average Bonchev–Trinajstić information content (AvgIpc) is 2.72. The van der Waals surface area contributed by atoms with Crippen molar-refractivity contribution in [3.8, 4) is 0 Å². The van der Waals surface area contributed by atoms with Crippen LogP contribution in [0.3, 0.4) is 0 Å². The molecule has 4 heteroatoms. The highest BCUT2D eigenvalue weighted by molar-refractivity contribution is 8.00. The van der Waals surface area contributed by atoms with E-state index in [0.717, 1.165) is 11.3 Å². The Morgan fingerprint density at radius 2 is 2.36 bits per heavy atom. The third-order valence-electron chi connectivity index (χ3n) is 3.03. The minimum atomic E-state index is 0.819. The first-order valence-corrected chi connectivity index (χ1v) is 7.67. The molecule has 1 N–H and O–H groups in total. The van der Waals surface area contributed by atoms with Crippen LogP contribution in [-0.2, 0) is 0 Å². The van der Waals surface area contributed by atoms with Gasteiger partial charge in [0.25, 0.3) is 0 Å². The predicted octanol–water partition coefficient (Wildman–Crippen LogP) is 1.13. The molecule has 2 aliphatic rings. The quantitative estimate of drug-likeness (QED) is 0.784. The molecule has 0 aromatic heterocycles. The van der Waals surface area contributed by atoms with E-state index >= 15 is 0 Å². The zero-order valence-corrected chi connectivity index (χ0v) is 10.5. The van der Waals surface area contributed by atoms with Gasteiger partial charge in [0, 0.05) is 42.4 Å². The SMILES string of the molecule is CN(CC1CNCCS1)C1CCSC1. The van der Waals surface area contributed by atoms with Crippen LogP contribution in [0.15, 0.2) is 0 Å². The summed E-state index contributed by atoms with van der Waals surface area (Å²) in [6, 6.07) is 0.850. The van der Waals surface area contributed by atoms with Gasteiger partial charge in [-0.3, -0.25) is 0 Å². The van der Waals surface area contributed by atoms with Gasteiger partial charge >= 0.3 is 0 Å².